The van der Waals surface area contributed by atoms with Gasteiger partial charge in [-0.1, -0.05) is 54.1 Å². The summed E-state index contributed by atoms with van der Waals surface area (Å²) in [7, 11) is 6.15. The Morgan fingerprint density at radius 3 is 1.74 bits per heavy atom. The van der Waals surface area contributed by atoms with Crippen molar-refractivity contribution in [2.24, 2.45) is 0 Å². The van der Waals surface area contributed by atoms with Crippen LogP contribution in [0.2, 0.25) is 5.02 Å². The van der Waals surface area contributed by atoms with E-state index in [0.29, 0.717) is 41.8 Å². The number of hydrogen-bond acceptors (Lipinski definition) is 8. The maximum atomic E-state index is 14.2. The van der Waals surface area contributed by atoms with E-state index in [0.717, 1.165) is 36.8 Å². The number of pyridine rings is 2. The topological polar surface area (TPSA) is 94.1 Å². The molecule has 0 N–H and O–H groups in total. The molecule has 9 nitrogen and oxygen atoms in total. The van der Waals surface area contributed by atoms with Crippen molar-refractivity contribution in [3.63, 3.8) is 0 Å². The average Bonchev–Trinajstić information content (AvgIpc) is 3.20. The Kier molecular flexibility index (Phi) is 14.4. The van der Waals surface area contributed by atoms with Crippen LogP contribution in [-0.2, 0) is 30.6 Å². The van der Waals surface area contributed by atoms with Crippen LogP contribution in [0.4, 0.5) is 0 Å². The van der Waals surface area contributed by atoms with E-state index in [2.05, 4.69) is 51.3 Å². The number of rotatable bonds is 19. The number of carbonyl (C=O) groups is 2. The number of aromatic nitrogens is 2. The van der Waals surface area contributed by atoms with Crippen molar-refractivity contribution in [1.82, 2.24) is 19.8 Å². The molecule has 0 radical (unpaired) electrons. The third kappa shape index (κ3) is 10.9. The van der Waals surface area contributed by atoms with Gasteiger partial charge in [-0.15, -0.1) is 0 Å². The molecule has 0 bridgehead atoms. The average molecular weight is 735 g/mol. The highest BCUT2D eigenvalue weighted by atomic mass is 35.5. The zero-order valence-corrected chi connectivity index (χ0v) is 31.5. The van der Waals surface area contributed by atoms with Crippen molar-refractivity contribution >= 4 is 23.3 Å². The van der Waals surface area contributed by atoms with Gasteiger partial charge in [0, 0.05) is 67.6 Å². The largest absolute Gasteiger partial charge is 0.493 e. The molecule has 0 aliphatic rings. The van der Waals surface area contributed by atoms with E-state index in [9.17, 15) is 9.59 Å². The molecule has 2 heterocycles. The Hall–Kier alpha value is -5.25. The standard InChI is InChI=1S/C43H47ClN4O5/c1-47(43(50)41(49)35-27-39(51-2)42(53-4)40(28-35)52-3)38(26-33-10-14-36(44)15-11-33)30-48(29-34-8-6-5-7-9-34)37(16-12-31-18-22-45-23-19-31)17-13-32-20-24-46-25-21-32/h5-11,14-15,18-25,27-28,37-38H,12-13,16-17,26,29-30H2,1-4H3/t38-/m0/s1. The zero-order chi connectivity index (χ0) is 37.6. The minimum Gasteiger partial charge on any atom is -0.493 e. The predicted molar refractivity (Wildman–Crippen MR) is 208 cm³/mol. The summed E-state index contributed by atoms with van der Waals surface area (Å²) in [5.74, 6) is -0.376. The molecule has 1 amide bonds. The Morgan fingerprint density at radius 2 is 1.23 bits per heavy atom. The summed E-state index contributed by atoms with van der Waals surface area (Å²) in [6, 6.07) is 29.1. The highest BCUT2D eigenvalue weighted by Crippen LogP contribution is 2.38. The molecule has 0 unspecified atom stereocenters. The maximum Gasteiger partial charge on any atom is 0.295 e. The van der Waals surface area contributed by atoms with Gasteiger partial charge in [-0.3, -0.25) is 24.5 Å². The lowest BCUT2D eigenvalue weighted by molar-refractivity contribution is -0.127. The molecule has 3 aromatic carbocycles. The molecule has 0 spiro atoms. The molecule has 0 aliphatic heterocycles. The summed E-state index contributed by atoms with van der Waals surface area (Å²) in [6.07, 6.45) is 11.3. The molecule has 5 aromatic rings. The number of nitrogens with zero attached hydrogens (tertiary/aromatic N) is 4. The van der Waals surface area contributed by atoms with Crippen LogP contribution in [0.25, 0.3) is 0 Å². The molecular formula is C43H47ClN4O5. The SMILES string of the molecule is COc1cc(C(=O)C(=O)N(C)[C@@H](Cc2ccc(Cl)cc2)CN(Cc2ccccc2)C(CCc2ccncc2)CCc2ccncc2)cc(OC)c1OC. The first-order valence-electron chi connectivity index (χ1n) is 17.7. The number of likely N-dealkylation sites (N-methyl/N-ethyl adjacent to an activating group) is 1. The summed E-state index contributed by atoms with van der Waals surface area (Å²) < 4.78 is 16.4. The Bertz CT molecular complexity index is 1830. The lowest BCUT2D eigenvalue weighted by Crippen LogP contribution is -2.50. The van der Waals surface area contributed by atoms with Crippen LogP contribution in [0.15, 0.2) is 116 Å². The molecule has 2 aromatic heterocycles. The van der Waals surface area contributed by atoms with Crippen LogP contribution in [-0.4, -0.2) is 78.5 Å². The molecule has 53 heavy (non-hydrogen) atoms. The fourth-order valence-electron chi connectivity index (χ4n) is 6.58. The van der Waals surface area contributed by atoms with E-state index >= 15 is 0 Å². The fourth-order valence-corrected chi connectivity index (χ4v) is 6.71. The highest BCUT2D eigenvalue weighted by Gasteiger charge is 2.31. The van der Waals surface area contributed by atoms with Crippen molar-refractivity contribution in [2.75, 3.05) is 34.9 Å². The number of ketones is 1. The van der Waals surface area contributed by atoms with Gasteiger partial charge in [-0.05, 0) is 103 Å². The third-order valence-corrected chi connectivity index (χ3v) is 9.85. The van der Waals surface area contributed by atoms with Gasteiger partial charge in [0.25, 0.3) is 11.7 Å². The molecule has 276 valence electrons. The molecular weight excluding hydrogens is 688 g/mol. The second-order valence-corrected chi connectivity index (χ2v) is 13.4. The van der Waals surface area contributed by atoms with Crippen LogP contribution in [0, 0.1) is 0 Å². The number of hydrogen-bond donors (Lipinski definition) is 0. The van der Waals surface area contributed by atoms with E-state index < -0.39 is 11.7 Å². The monoisotopic (exact) mass is 734 g/mol. The van der Waals surface area contributed by atoms with Gasteiger partial charge in [-0.25, -0.2) is 0 Å². The number of ether oxygens (including phenoxy) is 3. The number of aryl methyl sites for hydroxylation is 2. The number of methoxy groups -OCH3 is 3. The third-order valence-electron chi connectivity index (χ3n) is 9.60. The summed E-state index contributed by atoms with van der Waals surface area (Å²) in [5.41, 5.74) is 4.75. The molecule has 0 aliphatic carbocycles. The highest BCUT2D eigenvalue weighted by molar-refractivity contribution is 6.42. The van der Waals surface area contributed by atoms with E-state index in [1.165, 1.54) is 44.6 Å². The van der Waals surface area contributed by atoms with Gasteiger partial charge in [-0.2, -0.15) is 0 Å². The van der Waals surface area contributed by atoms with E-state index in [1.807, 2.05) is 67.3 Å². The molecule has 10 heteroatoms. The maximum absolute atomic E-state index is 14.2. The van der Waals surface area contributed by atoms with Gasteiger partial charge in [0.1, 0.15) is 0 Å². The second-order valence-electron chi connectivity index (χ2n) is 13.0. The molecule has 0 fully saturated rings. The number of carbonyl (C=O) groups excluding carboxylic acids is 2. The summed E-state index contributed by atoms with van der Waals surface area (Å²) in [4.78, 5) is 40.7. The van der Waals surface area contributed by atoms with Gasteiger partial charge >= 0.3 is 0 Å². The Morgan fingerprint density at radius 1 is 0.679 bits per heavy atom. The minimum atomic E-state index is -0.672. The van der Waals surface area contributed by atoms with Crippen LogP contribution in [0.3, 0.4) is 0 Å². The summed E-state index contributed by atoms with van der Waals surface area (Å²) in [6.45, 7) is 1.18. The van der Waals surface area contributed by atoms with Crippen molar-refractivity contribution in [3.05, 3.63) is 149 Å². The van der Waals surface area contributed by atoms with Crippen LogP contribution < -0.4 is 14.2 Å². The normalized spacial score (nSPS) is 11.7. The van der Waals surface area contributed by atoms with E-state index in [-0.39, 0.29) is 17.6 Å². The zero-order valence-electron chi connectivity index (χ0n) is 30.8. The van der Waals surface area contributed by atoms with Gasteiger partial charge in [0.2, 0.25) is 5.75 Å². The van der Waals surface area contributed by atoms with Crippen molar-refractivity contribution in [3.8, 4) is 17.2 Å². The van der Waals surface area contributed by atoms with Crippen LogP contribution >= 0.6 is 11.6 Å². The molecule has 1 atom stereocenters. The van der Waals surface area contributed by atoms with Gasteiger partial charge in [0.05, 0.1) is 21.3 Å². The lowest BCUT2D eigenvalue weighted by atomic mass is 9.96. The lowest BCUT2D eigenvalue weighted by Gasteiger charge is -2.38. The number of amides is 1. The first-order valence-corrected chi connectivity index (χ1v) is 18.1. The second kappa shape index (κ2) is 19.5. The van der Waals surface area contributed by atoms with Crippen molar-refractivity contribution < 1.29 is 23.8 Å². The van der Waals surface area contributed by atoms with Gasteiger partial charge in [0.15, 0.2) is 11.5 Å². The van der Waals surface area contributed by atoms with Crippen molar-refractivity contribution in [1.29, 1.82) is 0 Å². The number of benzene rings is 3. The fraction of sp³-hybridized carbons (Fsp3) is 0.302. The van der Waals surface area contributed by atoms with Crippen LogP contribution in [0.1, 0.15) is 45.5 Å². The van der Waals surface area contributed by atoms with E-state index in [1.54, 1.807) is 11.9 Å². The molecule has 5 rings (SSSR count). The quantitative estimate of drug-likeness (QED) is 0.0635. The predicted octanol–water partition coefficient (Wildman–Crippen LogP) is 7.54. The minimum absolute atomic E-state index is 0.138. The van der Waals surface area contributed by atoms with E-state index in [4.69, 9.17) is 25.8 Å². The smallest absolute Gasteiger partial charge is 0.295 e. The van der Waals surface area contributed by atoms with Crippen LogP contribution in [0.5, 0.6) is 17.2 Å². The Labute approximate surface area is 317 Å². The summed E-state index contributed by atoms with van der Waals surface area (Å²) in [5, 5.41) is 0.630. The molecule has 0 saturated heterocycles. The van der Waals surface area contributed by atoms with Crippen molar-refractivity contribution in [2.45, 2.75) is 50.7 Å². The Balaban J connectivity index is 1.50. The number of halogens is 1. The molecule has 0 saturated carbocycles. The van der Waals surface area contributed by atoms with Gasteiger partial charge < -0.3 is 19.1 Å². The first-order chi connectivity index (χ1) is 25.8. The first kappa shape index (κ1) is 39.0. The number of Topliss-reactive ketones (excluding diaryl/α,β-unsaturated/α-hetero) is 1. The summed E-state index contributed by atoms with van der Waals surface area (Å²) >= 11 is 6.27.